The van der Waals surface area contributed by atoms with Crippen LogP contribution in [0.2, 0.25) is 0 Å². The Morgan fingerprint density at radius 3 is 2.48 bits per heavy atom. The molecule has 0 aliphatic heterocycles. The molecule has 0 spiro atoms. The zero-order valence-corrected chi connectivity index (χ0v) is 14.5. The van der Waals surface area contributed by atoms with Crippen LogP contribution in [-0.2, 0) is 15.6 Å². The van der Waals surface area contributed by atoms with Crippen molar-refractivity contribution in [2.45, 2.75) is 22.5 Å². The van der Waals surface area contributed by atoms with Gasteiger partial charge in [0.25, 0.3) is 0 Å². The van der Waals surface area contributed by atoms with Crippen molar-refractivity contribution in [3.05, 3.63) is 60.0 Å². The molecule has 0 saturated carbocycles. The van der Waals surface area contributed by atoms with Crippen LogP contribution in [-0.4, -0.2) is 24.6 Å². The molecule has 118 valence electrons. The van der Waals surface area contributed by atoms with Crippen LogP contribution in [0.3, 0.4) is 0 Å². The molecule has 0 aliphatic carbocycles. The van der Waals surface area contributed by atoms with E-state index >= 15 is 0 Å². The number of benzene rings is 2. The summed E-state index contributed by atoms with van der Waals surface area (Å²) < 4.78 is 23.7. The number of aryl methyl sites for hydroxylation is 1. The van der Waals surface area contributed by atoms with Crippen LogP contribution in [0, 0.1) is 6.92 Å². The van der Waals surface area contributed by atoms with Crippen molar-refractivity contribution < 1.29 is 8.42 Å². The minimum Gasteiger partial charge on any atom is -0.237 e. The lowest BCUT2D eigenvalue weighted by atomic mass is 10.2. The first-order valence-electron chi connectivity index (χ1n) is 7.09. The summed E-state index contributed by atoms with van der Waals surface area (Å²) in [6.45, 7) is 1.96. The number of hydrogen-bond donors (Lipinski definition) is 0. The molecular formula is C17H16N2O2S2. The highest BCUT2D eigenvalue weighted by Gasteiger charge is 2.13. The van der Waals surface area contributed by atoms with Crippen LogP contribution in [0.25, 0.3) is 10.9 Å². The zero-order valence-electron chi connectivity index (χ0n) is 12.9. The molecule has 0 fully saturated rings. The van der Waals surface area contributed by atoms with E-state index in [1.54, 1.807) is 12.1 Å². The molecule has 0 aliphatic rings. The van der Waals surface area contributed by atoms with Gasteiger partial charge >= 0.3 is 0 Å². The molecule has 4 nitrogen and oxygen atoms in total. The lowest BCUT2D eigenvalue weighted by Gasteiger charge is -2.08. The van der Waals surface area contributed by atoms with Crippen molar-refractivity contribution in [1.82, 2.24) is 9.97 Å². The molecule has 1 heterocycles. The lowest BCUT2D eigenvalue weighted by molar-refractivity contribution is 0.600. The second-order valence-corrected chi connectivity index (χ2v) is 8.25. The van der Waals surface area contributed by atoms with Crippen molar-refractivity contribution in [2.75, 3.05) is 6.26 Å². The minimum atomic E-state index is -3.24. The Hall–Kier alpha value is -1.92. The highest BCUT2D eigenvalue weighted by Crippen LogP contribution is 2.29. The Kier molecular flexibility index (Phi) is 4.37. The van der Waals surface area contributed by atoms with Crippen LogP contribution in [0.1, 0.15) is 11.5 Å². The van der Waals surface area contributed by atoms with Gasteiger partial charge in [0.05, 0.1) is 16.2 Å². The van der Waals surface area contributed by atoms with Gasteiger partial charge in [-0.15, -0.1) is 11.8 Å². The fourth-order valence-electron chi connectivity index (χ4n) is 2.38. The Bertz CT molecular complexity index is 969. The molecule has 3 rings (SSSR count). The molecule has 1 aromatic heterocycles. The molecule has 6 heteroatoms. The van der Waals surface area contributed by atoms with Gasteiger partial charge in [0.15, 0.2) is 9.84 Å². The minimum absolute atomic E-state index is 0.350. The number of thioether (sulfide) groups is 1. The van der Waals surface area contributed by atoms with E-state index in [9.17, 15) is 8.42 Å². The lowest BCUT2D eigenvalue weighted by Crippen LogP contribution is -2.00. The highest BCUT2D eigenvalue weighted by atomic mass is 32.2. The number of rotatable bonds is 4. The number of aromatic nitrogens is 2. The van der Waals surface area contributed by atoms with Gasteiger partial charge in [0, 0.05) is 22.2 Å². The largest absolute Gasteiger partial charge is 0.237 e. The average molecular weight is 344 g/mol. The molecule has 0 N–H and O–H groups in total. The summed E-state index contributed by atoms with van der Waals surface area (Å²) >= 11 is 1.44. The van der Waals surface area contributed by atoms with Gasteiger partial charge in [-0.1, -0.05) is 30.3 Å². The van der Waals surface area contributed by atoms with Gasteiger partial charge in [-0.3, -0.25) is 0 Å². The smallest absolute Gasteiger partial charge is 0.176 e. The Morgan fingerprint density at radius 1 is 1.00 bits per heavy atom. The third-order valence-corrected chi connectivity index (χ3v) is 5.80. The quantitative estimate of drug-likeness (QED) is 0.676. The summed E-state index contributed by atoms with van der Waals surface area (Å²) in [7, 11) is -3.24. The van der Waals surface area contributed by atoms with Crippen molar-refractivity contribution in [1.29, 1.82) is 0 Å². The van der Waals surface area contributed by atoms with Gasteiger partial charge in [-0.2, -0.15) is 0 Å². The monoisotopic (exact) mass is 344 g/mol. The summed E-state index contributed by atoms with van der Waals surface area (Å²) in [4.78, 5) is 10.2. The Balaban J connectivity index is 1.90. The molecule has 0 bridgehead atoms. The molecule has 0 radical (unpaired) electrons. The van der Waals surface area contributed by atoms with Crippen molar-refractivity contribution in [2.24, 2.45) is 0 Å². The van der Waals surface area contributed by atoms with Gasteiger partial charge in [-0.25, -0.2) is 18.4 Å². The average Bonchev–Trinajstić information content (AvgIpc) is 2.52. The number of para-hydroxylation sites is 1. The van der Waals surface area contributed by atoms with E-state index in [1.165, 1.54) is 18.0 Å². The summed E-state index contributed by atoms with van der Waals surface area (Å²) in [6.07, 6.45) is 1.23. The number of sulfone groups is 1. The van der Waals surface area contributed by atoms with Crippen LogP contribution in [0.5, 0.6) is 0 Å². The summed E-state index contributed by atoms with van der Waals surface area (Å²) in [5.74, 6) is 1.23. The van der Waals surface area contributed by atoms with Crippen LogP contribution >= 0.6 is 11.8 Å². The summed E-state index contributed by atoms with van der Waals surface area (Å²) in [5, 5.41) is 1.04. The van der Waals surface area contributed by atoms with Crippen molar-refractivity contribution >= 4 is 32.5 Å². The zero-order chi connectivity index (χ0) is 16.4. The fourth-order valence-corrected chi connectivity index (χ4v) is 4.57. The third kappa shape index (κ3) is 3.54. The van der Waals surface area contributed by atoms with E-state index in [4.69, 9.17) is 0 Å². The predicted molar refractivity (Wildman–Crippen MR) is 93.4 cm³/mol. The molecule has 0 atom stereocenters. The molecule has 0 saturated heterocycles. The molecular weight excluding hydrogens is 328 g/mol. The van der Waals surface area contributed by atoms with Gasteiger partial charge in [-0.05, 0) is 25.1 Å². The maximum atomic E-state index is 11.8. The van der Waals surface area contributed by atoms with Crippen LogP contribution in [0.15, 0.2) is 58.3 Å². The Morgan fingerprint density at radius 2 is 1.70 bits per heavy atom. The molecule has 0 unspecified atom stereocenters. The first-order chi connectivity index (χ1) is 10.9. The fraction of sp³-hybridized carbons (Fsp3) is 0.176. The predicted octanol–water partition coefficient (Wildman–Crippen LogP) is 3.63. The molecule has 23 heavy (non-hydrogen) atoms. The first kappa shape index (κ1) is 16.0. The van der Waals surface area contributed by atoms with Crippen molar-refractivity contribution in [3.63, 3.8) is 0 Å². The van der Waals surface area contributed by atoms with E-state index < -0.39 is 9.84 Å². The second kappa shape index (κ2) is 6.29. The normalized spacial score (nSPS) is 11.7. The topological polar surface area (TPSA) is 59.9 Å². The van der Waals surface area contributed by atoms with E-state index in [2.05, 4.69) is 9.97 Å². The van der Waals surface area contributed by atoms with Crippen LogP contribution in [0.4, 0.5) is 0 Å². The second-order valence-electron chi connectivity index (χ2n) is 5.25. The maximum Gasteiger partial charge on any atom is 0.176 e. The SMILES string of the molecule is Cc1nc(CSc2ccccc2S(C)(=O)=O)nc2ccccc12. The molecule has 3 aromatic rings. The standard InChI is InChI=1S/C17H16N2O2S2/c1-12-13-7-3-4-8-14(13)19-17(18-12)11-22-15-9-5-6-10-16(15)23(2,20)21/h3-10H,11H2,1-2H3. The third-order valence-electron chi connectivity index (χ3n) is 3.45. The molecule has 2 aromatic carbocycles. The summed E-state index contributed by atoms with van der Waals surface area (Å²) in [5.41, 5.74) is 1.84. The van der Waals surface area contributed by atoms with E-state index in [1.807, 2.05) is 43.3 Å². The maximum absolute atomic E-state index is 11.8. The van der Waals surface area contributed by atoms with Gasteiger partial charge in [0.1, 0.15) is 5.82 Å². The summed E-state index contributed by atoms with van der Waals surface area (Å²) in [6, 6.07) is 14.9. The van der Waals surface area contributed by atoms with E-state index in [0.717, 1.165) is 21.5 Å². The Labute approximate surface area is 139 Å². The van der Waals surface area contributed by atoms with Gasteiger partial charge < -0.3 is 0 Å². The molecule has 0 amide bonds. The number of nitrogens with zero attached hydrogens (tertiary/aromatic N) is 2. The van der Waals surface area contributed by atoms with E-state index in [0.29, 0.717) is 16.5 Å². The van der Waals surface area contributed by atoms with E-state index in [-0.39, 0.29) is 0 Å². The van der Waals surface area contributed by atoms with Gasteiger partial charge in [0.2, 0.25) is 0 Å². The highest BCUT2D eigenvalue weighted by molar-refractivity contribution is 7.99. The number of fused-ring (bicyclic) bond motifs is 1. The number of hydrogen-bond acceptors (Lipinski definition) is 5. The van der Waals surface area contributed by atoms with Crippen LogP contribution < -0.4 is 0 Å². The van der Waals surface area contributed by atoms with Crippen molar-refractivity contribution in [3.8, 4) is 0 Å². The first-order valence-corrected chi connectivity index (χ1v) is 9.97.